The summed E-state index contributed by atoms with van der Waals surface area (Å²) in [6.45, 7) is -0.0926. The molecule has 106 valence electrons. The number of aliphatic hydroxyl groups is 1. The third kappa shape index (κ3) is 3.46. The van der Waals surface area contributed by atoms with Gasteiger partial charge in [0, 0.05) is 16.8 Å². The van der Waals surface area contributed by atoms with Gasteiger partial charge >= 0.3 is 0 Å². The van der Waals surface area contributed by atoms with Crippen LogP contribution in [0.1, 0.15) is 5.56 Å². The molecule has 0 spiro atoms. The fraction of sp³-hybridized carbons (Fsp3) is 0.500. The molecule has 0 amide bonds. The first-order chi connectivity index (χ1) is 8.85. The Bertz CT molecular complexity index is 559. The highest BCUT2D eigenvalue weighted by atomic mass is 35.5. The van der Waals surface area contributed by atoms with Crippen molar-refractivity contribution in [2.75, 3.05) is 25.2 Å². The first-order valence-corrected chi connectivity index (χ1v) is 8.15. The average molecular weight is 307 g/mol. The Morgan fingerprint density at radius 2 is 2.26 bits per heavy atom. The second-order valence-electron chi connectivity index (χ2n) is 4.57. The molecule has 1 aliphatic rings. The van der Waals surface area contributed by atoms with Crippen molar-refractivity contribution in [3.63, 3.8) is 0 Å². The Morgan fingerprint density at radius 1 is 1.53 bits per heavy atom. The molecule has 0 radical (unpaired) electrons. The fourth-order valence-electron chi connectivity index (χ4n) is 2.04. The topological polar surface area (TPSA) is 72.8 Å². The van der Waals surface area contributed by atoms with Gasteiger partial charge in [-0.3, -0.25) is 0 Å². The Morgan fingerprint density at radius 3 is 2.79 bits per heavy atom. The molecule has 0 aromatic heterocycles. The molecule has 1 heterocycles. The maximum Gasteiger partial charge on any atom is 0.209 e. The third-order valence-electron chi connectivity index (χ3n) is 2.78. The largest absolute Gasteiger partial charge is 0.394 e. The summed E-state index contributed by atoms with van der Waals surface area (Å²) >= 11 is 5.92. The van der Waals surface area contributed by atoms with Crippen molar-refractivity contribution in [3.05, 3.63) is 34.9 Å². The average Bonchev–Trinajstić information content (AvgIpc) is 2.71. The van der Waals surface area contributed by atoms with Crippen LogP contribution >= 0.6 is 11.6 Å². The molecule has 1 saturated heterocycles. The molecule has 7 heteroatoms. The number of aliphatic hydroxyl groups excluding tert-OH is 1. The maximum absolute atomic E-state index is 11.6. The van der Waals surface area contributed by atoms with Crippen molar-refractivity contribution in [3.8, 4) is 0 Å². The molecule has 0 saturated carbocycles. The summed E-state index contributed by atoms with van der Waals surface area (Å²) in [7, 11) is -3.33. The van der Waals surface area contributed by atoms with Crippen molar-refractivity contribution in [2.45, 2.75) is 11.9 Å². The van der Waals surface area contributed by atoms with E-state index < -0.39 is 21.7 Å². The minimum atomic E-state index is -3.33. The van der Waals surface area contributed by atoms with E-state index in [0.717, 1.165) is 6.26 Å². The second kappa shape index (κ2) is 5.38. The highest BCUT2D eigenvalue weighted by molar-refractivity contribution is 7.90. The van der Waals surface area contributed by atoms with Gasteiger partial charge in [-0.25, -0.2) is 8.42 Å². The van der Waals surface area contributed by atoms with Crippen LogP contribution in [0.25, 0.3) is 0 Å². The third-order valence-corrected chi connectivity index (χ3v) is 3.92. The van der Waals surface area contributed by atoms with Gasteiger partial charge in [-0.1, -0.05) is 23.7 Å². The van der Waals surface area contributed by atoms with Crippen molar-refractivity contribution in [1.29, 1.82) is 0 Å². The molecule has 2 atom stereocenters. The molecular weight excluding hydrogens is 292 g/mol. The van der Waals surface area contributed by atoms with Crippen LogP contribution in [-0.4, -0.2) is 44.9 Å². The van der Waals surface area contributed by atoms with Gasteiger partial charge in [0.05, 0.1) is 13.2 Å². The molecule has 2 unspecified atom stereocenters. The van der Waals surface area contributed by atoms with Crippen molar-refractivity contribution in [1.82, 2.24) is 0 Å². The van der Waals surface area contributed by atoms with E-state index in [1.54, 1.807) is 24.3 Å². The summed E-state index contributed by atoms with van der Waals surface area (Å²) in [5.41, 5.74) is 0.529. The lowest BCUT2D eigenvalue weighted by atomic mass is 10.1. The first kappa shape index (κ1) is 14.7. The molecule has 1 fully saturated rings. The van der Waals surface area contributed by atoms with Gasteiger partial charge < -0.3 is 14.6 Å². The molecule has 0 bridgehead atoms. The van der Waals surface area contributed by atoms with E-state index >= 15 is 0 Å². The number of sulfone groups is 1. The zero-order chi connectivity index (χ0) is 14.1. The van der Waals surface area contributed by atoms with Crippen molar-refractivity contribution >= 4 is 21.4 Å². The molecule has 1 aromatic rings. The summed E-state index contributed by atoms with van der Waals surface area (Å²) in [6, 6.07) is 6.67. The molecule has 1 aliphatic heterocycles. The molecular formula is C12H15ClO5S. The SMILES string of the molecule is CS(=O)(=O)CC1(c2cccc(Cl)c2)OCC(CO)O1. The van der Waals surface area contributed by atoms with Gasteiger partial charge in [0.1, 0.15) is 11.9 Å². The summed E-state index contributed by atoms with van der Waals surface area (Å²) < 4.78 is 34.3. The Labute approximate surface area is 117 Å². The Balaban J connectivity index is 2.40. The predicted octanol–water partition coefficient (Wildman–Crippen LogP) is 0.945. The van der Waals surface area contributed by atoms with Gasteiger partial charge in [-0.2, -0.15) is 0 Å². The minimum Gasteiger partial charge on any atom is -0.394 e. The Kier molecular flexibility index (Phi) is 4.17. The maximum atomic E-state index is 11.6. The summed E-state index contributed by atoms with van der Waals surface area (Å²) in [6.07, 6.45) is 0.568. The zero-order valence-electron chi connectivity index (χ0n) is 10.4. The molecule has 19 heavy (non-hydrogen) atoms. The van der Waals surface area contributed by atoms with Crippen LogP contribution < -0.4 is 0 Å². The number of halogens is 1. The molecule has 1 N–H and O–H groups in total. The minimum absolute atomic E-state index is 0.137. The van der Waals surface area contributed by atoms with Crippen LogP contribution in [0, 0.1) is 0 Å². The van der Waals surface area contributed by atoms with Gasteiger partial charge in [-0.15, -0.1) is 0 Å². The van der Waals surface area contributed by atoms with E-state index in [4.69, 9.17) is 26.2 Å². The molecule has 2 rings (SSSR count). The number of benzene rings is 1. The smallest absolute Gasteiger partial charge is 0.209 e. The summed E-state index contributed by atoms with van der Waals surface area (Å²) in [5, 5.41) is 9.58. The van der Waals surface area contributed by atoms with E-state index in [-0.39, 0.29) is 19.0 Å². The standard InChI is InChI=1S/C12H15ClO5S/c1-19(15,16)8-12(17-7-11(6-14)18-12)9-3-2-4-10(13)5-9/h2-5,11,14H,6-8H2,1H3. The van der Waals surface area contributed by atoms with Gasteiger partial charge in [0.15, 0.2) is 9.84 Å². The normalized spacial score (nSPS) is 27.6. The number of ether oxygens (including phenoxy) is 2. The lowest BCUT2D eigenvalue weighted by Crippen LogP contribution is -2.36. The number of rotatable bonds is 4. The second-order valence-corrected chi connectivity index (χ2v) is 7.14. The van der Waals surface area contributed by atoms with E-state index in [9.17, 15) is 8.42 Å². The Hall–Kier alpha value is -0.660. The van der Waals surface area contributed by atoms with Gasteiger partial charge in [-0.05, 0) is 12.1 Å². The molecule has 1 aromatic carbocycles. The van der Waals surface area contributed by atoms with E-state index in [1.165, 1.54) is 0 Å². The van der Waals surface area contributed by atoms with E-state index in [0.29, 0.717) is 10.6 Å². The number of hydrogen-bond acceptors (Lipinski definition) is 5. The van der Waals surface area contributed by atoms with Crippen LogP contribution in [-0.2, 0) is 25.1 Å². The van der Waals surface area contributed by atoms with Crippen molar-refractivity contribution in [2.24, 2.45) is 0 Å². The predicted molar refractivity (Wildman–Crippen MR) is 70.8 cm³/mol. The summed E-state index contributed by atoms with van der Waals surface area (Å²) in [5.74, 6) is -1.72. The van der Waals surface area contributed by atoms with Crippen LogP contribution in [0.3, 0.4) is 0 Å². The lowest BCUT2D eigenvalue weighted by molar-refractivity contribution is -0.162. The summed E-state index contributed by atoms with van der Waals surface area (Å²) in [4.78, 5) is 0. The number of hydrogen-bond donors (Lipinski definition) is 1. The molecule has 0 aliphatic carbocycles. The first-order valence-electron chi connectivity index (χ1n) is 5.71. The quantitative estimate of drug-likeness (QED) is 0.896. The van der Waals surface area contributed by atoms with E-state index in [2.05, 4.69) is 0 Å². The zero-order valence-corrected chi connectivity index (χ0v) is 11.9. The van der Waals surface area contributed by atoms with E-state index in [1.807, 2.05) is 0 Å². The fourth-order valence-corrected chi connectivity index (χ4v) is 3.23. The van der Waals surface area contributed by atoms with Gasteiger partial charge in [0.25, 0.3) is 0 Å². The monoisotopic (exact) mass is 306 g/mol. The van der Waals surface area contributed by atoms with Crippen molar-refractivity contribution < 1.29 is 23.0 Å². The molecule has 5 nitrogen and oxygen atoms in total. The van der Waals surface area contributed by atoms with Crippen LogP contribution in [0.4, 0.5) is 0 Å². The van der Waals surface area contributed by atoms with Gasteiger partial charge in [0.2, 0.25) is 5.79 Å². The van der Waals surface area contributed by atoms with Crippen LogP contribution in [0.2, 0.25) is 5.02 Å². The highest BCUT2D eigenvalue weighted by Crippen LogP contribution is 2.36. The highest BCUT2D eigenvalue weighted by Gasteiger charge is 2.45. The van der Waals surface area contributed by atoms with Crippen LogP contribution in [0.15, 0.2) is 24.3 Å². The lowest BCUT2D eigenvalue weighted by Gasteiger charge is -2.27. The van der Waals surface area contributed by atoms with Crippen LogP contribution in [0.5, 0.6) is 0 Å².